The largest absolute Gasteiger partial charge is 0.466 e. The Balaban J connectivity index is 2.44. The summed E-state index contributed by atoms with van der Waals surface area (Å²) in [6, 6.07) is 8.57. The summed E-state index contributed by atoms with van der Waals surface area (Å²) >= 11 is 7.17. The van der Waals surface area contributed by atoms with Crippen LogP contribution in [-0.4, -0.2) is 6.54 Å². The molecule has 2 rings (SSSR count). The first-order valence-corrected chi connectivity index (χ1v) is 8.36. The fraction of sp³-hybridized carbons (Fsp3) is 0.375. The van der Waals surface area contributed by atoms with Crippen molar-refractivity contribution in [3.05, 3.63) is 55.9 Å². The van der Waals surface area contributed by atoms with Crippen LogP contribution in [-0.2, 0) is 0 Å². The van der Waals surface area contributed by atoms with Gasteiger partial charge in [-0.2, -0.15) is 0 Å². The van der Waals surface area contributed by atoms with Crippen molar-refractivity contribution in [2.75, 3.05) is 6.54 Å². The summed E-state index contributed by atoms with van der Waals surface area (Å²) in [5.74, 6) is 1.93. The Kier molecular flexibility index (Phi) is 5.47. The van der Waals surface area contributed by atoms with Gasteiger partial charge in [0.1, 0.15) is 11.5 Å². The van der Waals surface area contributed by atoms with Crippen molar-refractivity contribution >= 4 is 31.9 Å². The lowest BCUT2D eigenvalue weighted by molar-refractivity contribution is 0.493. The highest BCUT2D eigenvalue weighted by Crippen LogP contribution is 2.33. The molecule has 108 valence electrons. The Morgan fingerprint density at radius 2 is 1.90 bits per heavy atom. The highest BCUT2D eigenvalue weighted by molar-refractivity contribution is 9.11. The lowest BCUT2D eigenvalue weighted by Crippen LogP contribution is -2.23. The summed E-state index contributed by atoms with van der Waals surface area (Å²) in [5.41, 5.74) is 2.43. The minimum absolute atomic E-state index is 0.148. The van der Waals surface area contributed by atoms with Gasteiger partial charge in [0.15, 0.2) is 0 Å². The minimum atomic E-state index is 0.148. The molecule has 0 radical (unpaired) electrons. The Labute approximate surface area is 137 Å². The van der Waals surface area contributed by atoms with Crippen molar-refractivity contribution in [3.63, 3.8) is 0 Å². The zero-order chi connectivity index (χ0) is 14.7. The van der Waals surface area contributed by atoms with E-state index in [0.29, 0.717) is 0 Å². The third kappa shape index (κ3) is 3.54. The van der Waals surface area contributed by atoms with E-state index in [2.05, 4.69) is 68.4 Å². The Hall–Kier alpha value is -0.580. The molecule has 2 aromatic rings. The number of benzene rings is 1. The van der Waals surface area contributed by atoms with E-state index in [1.54, 1.807) is 0 Å². The zero-order valence-electron chi connectivity index (χ0n) is 12.0. The molecule has 4 heteroatoms. The van der Waals surface area contributed by atoms with E-state index in [0.717, 1.165) is 33.4 Å². The number of furan rings is 1. The summed E-state index contributed by atoms with van der Waals surface area (Å²) < 4.78 is 7.86. The lowest BCUT2D eigenvalue weighted by atomic mass is 9.99. The van der Waals surface area contributed by atoms with Crippen LogP contribution in [0.15, 0.2) is 37.6 Å². The van der Waals surface area contributed by atoms with Crippen LogP contribution < -0.4 is 5.32 Å². The molecule has 1 aromatic heterocycles. The van der Waals surface area contributed by atoms with Gasteiger partial charge < -0.3 is 9.73 Å². The summed E-state index contributed by atoms with van der Waals surface area (Å²) in [7, 11) is 0. The topological polar surface area (TPSA) is 25.2 Å². The van der Waals surface area contributed by atoms with Gasteiger partial charge >= 0.3 is 0 Å². The molecular weight excluding hydrogens is 382 g/mol. The number of halogens is 2. The van der Waals surface area contributed by atoms with E-state index in [1.807, 2.05) is 13.8 Å². The second-order valence-corrected chi connectivity index (χ2v) is 6.69. The van der Waals surface area contributed by atoms with Gasteiger partial charge in [-0.15, -0.1) is 0 Å². The van der Waals surface area contributed by atoms with E-state index in [-0.39, 0.29) is 6.04 Å². The molecule has 0 aliphatic carbocycles. The Morgan fingerprint density at radius 3 is 2.45 bits per heavy atom. The van der Waals surface area contributed by atoms with Crippen molar-refractivity contribution in [1.29, 1.82) is 0 Å². The number of aryl methyl sites for hydroxylation is 2. The quantitative estimate of drug-likeness (QED) is 0.715. The third-order valence-corrected chi connectivity index (χ3v) is 4.44. The normalized spacial score (nSPS) is 12.7. The maximum Gasteiger partial charge on any atom is 0.106 e. The molecule has 0 aliphatic heterocycles. The lowest BCUT2D eigenvalue weighted by Gasteiger charge is -2.20. The van der Waals surface area contributed by atoms with E-state index >= 15 is 0 Å². The fourth-order valence-electron chi connectivity index (χ4n) is 2.35. The van der Waals surface area contributed by atoms with Crippen LogP contribution in [0.4, 0.5) is 0 Å². The van der Waals surface area contributed by atoms with Gasteiger partial charge in [0, 0.05) is 14.5 Å². The average molecular weight is 401 g/mol. The van der Waals surface area contributed by atoms with Gasteiger partial charge in [-0.05, 0) is 50.6 Å². The van der Waals surface area contributed by atoms with E-state index in [1.165, 1.54) is 11.1 Å². The van der Waals surface area contributed by atoms with Gasteiger partial charge in [0.25, 0.3) is 0 Å². The summed E-state index contributed by atoms with van der Waals surface area (Å²) in [6.07, 6.45) is 1.10. The van der Waals surface area contributed by atoms with Crippen LogP contribution in [0.1, 0.15) is 42.0 Å². The summed E-state index contributed by atoms with van der Waals surface area (Å²) in [6.45, 7) is 7.16. The monoisotopic (exact) mass is 399 g/mol. The minimum Gasteiger partial charge on any atom is -0.466 e. The molecule has 2 nitrogen and oxygen atoms in total. The molecule has 20 heavy (non-hydrogen) atoms. The molecule has 0 amide bonds. The fourth-order valence-corrected chi connectivity index (χ4v) is 3.62. The number of nitrogens with one attached hydrogen (secondary N) is 1. The molecule has 0 saturated carbocycles. The van der Waals surface area contributed by atoms with Crippen molar-refractivity contribution in [1.82, 2.24) is 5.32 Å². The van der Waals surface area contributed by atoms with Gasteiger partial charge in [-0.25, -0.2) is 0 Å². The Morgan fingerprint density at radius 1 is 1.15 bits per heavy atom. The molecular formula is C16H19Br2NO. The van der Waals surface area contributed by atoms with Crippen molar-refractivity contribution in [2.24, 2.45) is 0 Å². The molecule has 1 heterocycles. The number of hydrogen-bond acceptors (Lipinski definition) is 2. The summed E-state index contributed by atoms with van der Waals surface area (Å²) in [5, 5.41) is 3.61. The van der Waals surface area contributed by atoms with Crippen molar-refractivity contribution in [3.8, 4) is 0 Å². The highest BCUT2D eigenvalue weighted by atomic mass is 79.9. The first kappa shape index (κ1) is 15.8. The molecule has 1 N–H and O–H groups in total. The third-order valence-electron chi connectivity index (χ3n) is 3.26. The van der Waals surface area contributed by atoms with Crippen LogP contribution >= 0.6 is 31.9 Å². The van der Waals surface area contributed by atoms with Gasteiger partial charge in [0.2, 0.25) is 0 Å². The highest BCUT2D eigenvalue weighted by Gasteiger charge is 2.20. The molecule has 0 fully saturated rings. The van der Waals surface area contributed by atoms with Gasteiger partial charge in [-0.1, -0.05) is 44.8 Å². The molecule has 0 aliphatic rings. The number of rotatable bonds is 5. The molecule has 1 aromatic carbocycles. The average Bonchev–Trinajstić information content (AvgIpc) is 2.71. The molecule has 1 unspecified atom stereocenters. The van der Waals surface area contributed by atoms with Crippen LogP contribution in [0.3, 0.4) is 0 Å². The predicted molar refractivity (Wildman–Crippen MR) is 90.2 cm³/mol. The van der Waals surface area contributed by atoms with E-state index in [9.17, 15) is 0 Å². The van der Waals surface area contributed by atoms with Gasteiger partial charge in [-0.3, -0.25) is 0 Å². The van der Waals surface area contributed by atoms with Gasteiger partial charge in [0.05, 0.1) is 6.04 Å². The molecule has 0 saturated heterocycles. The van der Waals surface area contributed by atoms with E-state index in [4.69, 9.17) is 4.42 Å². The maximum absolute atomic E-state index is 5.70. The second kappa shape index (κ2) is 6.92. The van der Waals surface area contributed by atoms with Crippen LogP contribution in [0, 0.1) is 13.8 Å². The first-order chi connectivity index (χ1) is 9.52. The maximum atomic E-state index is 5.70. The van der Waals surface area contributed by atoms with Crippen LogP contribution in [0.2, 0.25) is 0 Å². The summed E-state index contributed by atoms with van der Waals surface area (Å²) in [4.78, 5) is 0. The molecule has 0 spiro atoms. The van der Waals surface area contributed by atoms with Crippen molar-refractivity contribution in [2.45, 2.75) is 33.2 Å². The SMILES string of the molecule is CCCNC(c1ccc(Br)cc1Br)c1cc(C)oc1C. The van der Waals surface area contributed by atoms with Crippen molar-refractivity contribution < 1.29 is 4.42 Å². The first-order valence-electron chi connectivity index (χ1n) is 6.78. The number of hydrogen-bond donors (Lipinski definition) is 1. The van der Waals surface area contributed by atoms with Crippen LogP contribution in [0.5, 0.6) is 0 Å². The standard InChI is InChI=1S/C16H19Br2NO/c1-4-7-19-16(14-8-10(2)20-11(14)3)13-6-5-12(17)9-15(13)18/h5-6,8-9,16,19H,4,7H2,1-3H3. The zero-order valence-corrected chi connectivity index (χ0v) is 15.1. The molecule has 0 bridgehead atoms. The smallest absolute Gasteiger partial charge is 0.106 e. The van der Waals surface area contributed by atoms with E-state index < -0.39 is 0 Å². The molecule has 1 atom stereocenters. The predicted octanol–water partition coefficient (Wildman–Crippen LogP) is 5.51. The Bertz CT molecular complexity index is 592. The van der Waals surface area contributed by atoms with Crippen LogP contribution in [0.25, 0.3) is 0 Å². The second-order valence-electron chi connectivity index (χ2n) is 4.92.